The van der Waals surface area contributed by atoms with Gasteiger partial charge in [0.1, 0.15) is 5.75 Å². The molecular formula is C16H21NO3. The van der Waals surface area contributed by atoms with Crippen LogP contribution in [0.1, 0.15) is 31.7 Å². The summed E-state index contributed by atoms with van der Waals surface area (Å²) in [5.74, 6) is 1.14. The fraction of sp³-hybridized carbons (Fsp3) is 0.562. The lowest BCUT2D eigenvalue weighted by Crippen LogP contribution is -2.50. The fourth-order valence-corrected chi connectivity index (χ4v) is 3.06. The van der Waals surface area contributed by atoms with Gasteiger partial charge in [-0.15, -0.1) is 0 Å². The summed E-state index contributed by atoms with van der Waals surface area (Å²) in [6, 6.07) is 7.81. The number of carbonyl (C=O) groups excluding carboxylic acids is 1. The molecule has 3 rings (SSSR count). The molecule has 0 bridgehead atoms. The van der Waals surface area contributed by atoms with Crippen LogP contribution in [-0.4, -0.2) is 41.2 Å². The summed E-state index contributed by atoms with van der Waals surface area (Å²) in [5, 5.41) is 9.94. The highest BCUT2D eigenvalue weighted by atomic mass is 16.5. The number of carbonyl (C=O) groups is 1. The van der Waals surface area contributed by atoms with Crippen molar-refractivity contribution in [3.8, 4) is 5.75 Å². The molecule has 2 heterocycles. The number of ether oxygens (including phenoxy) is 1. The first-order valence-corrected chi connectivity index (χ1v) is 7.30. The van der Waals surface area contributed by atoms with Crippen LogP contribution >= 0.6 is 0 Å². The van der Waals surface area contributed by atoms with Crippen molar-refractivity contribution in [3.63, 3.8) is 0 Å². The van der Waals surface area contributed by atoms with Crippen LogP contribution in [0, 0.1) is 5.92 Å². The molecule has 0 saturated carbocycles. The Bertz CT molecular complexity index is 516. The highest BCUT2D eigenvalue weighted by Crippen LogP contribution is 2.38. The molecule has 108 valence electrons. The van der Waals surface area contributed by atoms with Crippen molar-refractivity contribution < 1.29 is 14.6 Å². The molecular weight excluding hydrogens is 254 g/mol. The van der Waals surface area contributed by atoms with E-state index in [0.717, 1.165) is 17.7 Å². The van der Waals surface area contributed by atoms with Crippen LogP contribution in [0.4, 0.5) is 0 Å². The Balaban J connectivity index is 1.73. The number of likely N-dealkylation sites (tertiary alicyclic amines) is 1. The van der Waals surface area contributed by atoms with Crippen molar-refractivity contribution in [2.75, 3.05) is 13.1 Å². The molecule has 4 unspecified atom stereocenters. The van der Waals surface area contributed by atoms with E-state index in [1.165, 1.54) is 0 Å². The molecule has 0 radical (unpaired) electrons. The third-order valence-corrected chi connectivity index (χ3v) is 4.59. The summed E-state index contributed by atoms with van der Waals surface area (Å²) in [6.07, 6.45) is -0.0270. The highest BCUT2D eigenvalue weighted by Gasteiger charge is 2.40. The summed E-state index contributed by atoms with van der Waals surface area (Å²) in [6.45, 7) is 5.18. The van der Waals surface area contributed by atoms with E-state index in [4.69, 9.17) is 4.74 Å². The van der Waals surface area contributed by atoms with E-state index in [-0.39, 0.29) is 17.7 Å². The van der Waals surface area contributed by atoms with Crippen molar-refractivity contribution in [3.05, 3.63) is 29.8 Å². The molecule has 1 fully saturated rings. The maximum absolute atomic E-state index is 12.6. The lowest BCUT2D eigenvalue weighted by atomic mass is 9.93. The maximum Gasteiger partial charge on any atom is 0.264 e. The number of para-hydroxylation sites is 1. The van der Waals surface area contributed by atoms with E-state index >= 15 is 0 Å². The Hall–Kier alpha value is -1.55. The minimum Gasteiger partial charge on any atom is -0.480 e. The molecule has 1 aromatic rings. The van der Waals surface area contributed by atoms with Gasteiger partial charge in [0.15, 0.2) is 6.10 Å². The Morgan fingerprint density at radius 1 is 1.35 bits per heavy atom. The van der Waals surface area contributed by atoms with E-state index in [9.17, 15) is 9.90 Å². The summed E-state index contributed by atoms with van der Waals surface area (Å²) >= 11 is 0. The molecule has 0 aliphatic carbocycles. The molecule has 4 heteroatoms. The number of hydrogen-bond donors (Lipinski definition) is 1. The van der Waals surface area contributed by atoms with Crippen molar-refractivity contribution in [1.82, 2.24) is 4.90 Å². The second-order valence-electron chi connectivity index (χ2n) is 5.98. The molecule has 1 aromatic carbocycles. The van der Waals surface area contributed by atoms with Crippen LogP contribution < -0.4 is 4.74 Å². The predicted octanol–water partition coefficient (Wildman–Crippen LogP) is 1.78. The topological polar surface area (TPSA) is 49.8 Å². The molecule has 2 aliphatic heterocycles. The zero-order chi connectivity index (χ0) is 14.3. The largest absolute Gasteiger partial charge is 0.480 e. The number of hydrogen-bond acceptors (Lipinski definition) is 3. The predicted molar refractivity (Wildman–Crippen MR) is 75.6 cm³/mol. The average Bonchev–Trinajstić information content (AvgIpc) is 2.79. The second-order valence-corrected chi connectivity index (χ2v) is 5.98. The van der Waals surface area contributed by atoms with Crippen molar-refractivity contribution in [1.29, 1.82) is 0 Å². The van der Waals surface area contributed by atoms with Crippen molar-refractivity contribution in [2.24, 2.45) is 5.92 Å². The van der Waals surface area contributed by atoms with E-state index in [2.05, 4.69) is 0 Å². The van der Waals surface area contributed by atoms with Gasteiger partial charge in [0.2, 0.25) is 0 Å². The monoisotopic (exact) mass is 275 g/mol. The van der Waals surface area contributed by atoms with Gasteiger partial charge in [-0.1, -0.05) is 32.0 Å². The van der Waals surface area contributed by atoms with Crippen LogP contribution in [0.25, 0.3) is 0 Å². The van der Waals surface area contributed by atoms with Gasteiger partial charge in [0.05, 0.1) is 6.10 Å². The molecule has 1 amide bonds. The Labute approximate surface area is 119 Å². The SMILES string of the molecule is CC1CCN(C(=O)C2Oc3ccccc3C2C)CC1O. The van der Waals surface area contributed by atoms with Crippen LogP contribution in [0.2, 0.25) is 0 Å². The minimum atomic E-state index is -0.451. The van der Waals surface area contributed by atoms with Crippen LogP contribution in [0.15, 0.2) is 24.3 Å². The molecule has 0 spiro atoms. The number of rotatable bonds is 1. The number of benzene rings is 1. The van der Waals surface area contributed by atoms with Gasteiger partial charge >= 0.3 is 0 Å². The normalized spacial score (nSPS) is 32.6. The van der Waals surface area contributed by atoms with Crippen molar-refractivity contribution in [2.45, 2.75) is 38.4 Å². The standard InChI is InChI=1S/C16H21NO3/c1-10-7-8-17(9-13(10)18)16(19)15-11(2)12-5-3-4-6-14(12)20-15/h3-6,10-11,13,15,18H,7-9H2,1-2H3. The summed E-state index contributed by atoms with van der Waals surface area (Å²) in [5.41, 5.74) is 1.09. The summed E-state index contributed by atoms with van der Waals surface area (Å²) < 4.78 is 5.82. The number of fused-ring (bicyclic) bond motifs is 1. The molecule has 4 atom stereocenters. The van der Waals surface area contributed by atoms with Gasteiger partial charge in [-0.3, -0.25) is 4.79 Å². The highest BCUT2D eigenvalue weighted by molar-refractivity contribution is 5.83. The lowest BCUT2D eigenvalue weighted by Gasteiger charge is -2.35. The lowest BCUT2D eigenvalue weighted by molar-refractivity contribution is -0.143. The Morgan fingerprint density at radius 3 is 2.80 bits per heavy atom. The number of aliphatic hydroxyl groups is 1. The Morgan fingerprint density at radius 2 is 2.10 bits per heavy atom. The zero-order valence-electron chi connectivity index (χ0n) is 12.0. The van der Waals surface area contributed by atoms with Crippen molar-refractivity contribution >= 4 is 5.91 Å². The third-order valence-electron chi connectivity index (χ3n) is 4.59. The Kier molecular flexibility index (Phi) is 3.42. The first-order chi connectivity index (χ1) is 9.58. The quantitative estimate of drug-likeness (QED) is 0.850. The maximum atomic E-state index is 12.6. The molecule has 0 aromatic heterocycles. The number of amides is 1. The number of β-amino-alcohol motifs (C(OH)–C–C–N with tert-alkyl or cyclic N) is 1. The molecule has 4 nitrogen and oxygen atoms in total. The second kappa shape index (κ2) is 5.09. The van der Waals surface area contributed by atoms with Gasteiger partial charge in [-0.25, -0.2) is 0 Å². The third kappa shape index (κ3) is 2.18. The molecule has 1 saturated heterocycles. The van der Waals surface area contributed by atoms with E-state index in [1.807, 2.05) is 38.1 Å². The molecule has 2 aliphatic rings. The van der Waals surface area contributed by atoms with Gasteiger partial charge in [-0.05, 0) is 18.4 Å². The first-order valence-electron chi connectivity index (χ1n) is 7.30. The van der Waals surface area contributed by atoms with E-state index < -0.39 is 12.2 Å². The summed E-state index contributed by atoms with van der Waals surface area (Å²) in [7, 11) is 0. The number of aliphatic hydroxyl groups excluding tert-OH is 1. The van der Waals surface area contributed by atoms with Gasteiger partial charge in [-0.2, -0.15) is 0 Å². The molecule has 20 heavy (non-hydrogen) atoms. The van der Waals surface area contributed by atoms with E-state index in [1.54, 1.807) is 4.90 Å². The first kappa shape index (κ1) is 13.4. The smallest absolute Gasteiger partial charge is 0.264 e. The average molecular weight is 275 g/mol. The van der Waals surface area contributed by atoms with Gasteiger partial charge < -0.3 is 14.7 Å². The van der Waals surface area contributed by atoms with Gasteiger partial charge in [0.25, 0.3) is 5.91 Å². The number of nitrogens with zero attached hydrogens (tertiary/aromatic N) is 1. The van der Waals surface area contributed by atoms with E-state index in [0.29, 0.717) is 13.1 Å². The van der Waals surface area contributed by atoms with Crippen LogP contribution in [0.5, 0.6) is 5.75 Å². The van der Waals surface area contributed by atoms with Gasteiger partial charge in [0, 0.05) is 24.6 Å². The zero-order valence-corrected chi connectivity index (χ0v) is 12.0. The fourth-order valence-electron chi connectivity index (χ4n) is 3.06. The van der Waals surface area contributed by atoms with Crippen LogP contribution in [0.3, 0.4) is 0 Å². The molecule has 1 N–H and O–H groups in total. The van der Waals surface area contributed by atoms with Crippen LogP contribution in [-0.2, 0) is 4.79 Å². The minimum absolute atomic E-state index is 0.000324. The number of piperidine rings is 1. The summed E-state index contributed by atoms with van der Waals surface area (Å²) in [4.78, 5) is 14.4.